The number of likely N-dealkylation sites (N-methyl/N-ethyl adjacent to an activating group) is 1. The molecule has 26 heavy (non-hydrogen) atoms. The number of carbonyl (C=O) groups is 2. The van der Waals surface area contributed by atoms with Crippen molar-refractivity contribution in [1.29, 1.82) is 0 Å². The standard InChI is InChI=1S/C19H36N4O3/c1-15(12-13-21-22-19(20)26)18(25)17-16(24)11-9-7-5-3-4-6-8-10-14-23(17)2/h13,15,17-18,25H,3-12,14H2,1-2H3,(H3,20,22,26)/b21-13+. The highest BCUT2D eigenvalue weighted by Crippen LogP contribution is 2.20. The van der Waals surface area contributed by atoms with E-state index in [0.29, 0.717) is 12.8 Å². The molecule has 0 aromatic rings. The van der Waals surface area contributed by atoms with Gasteiger partial charge in [0.25, 0.3) is 0 Å². The predicted octanol–water partition coefficient (Wildman–Crippen LogP) is 2.42. The Labute approximate surface area is 157 Å². The lowest BCUT2D eigenvalue weighted by Crippen LogP contribution is -2.50. The van der Waals surface area contributed by atoms with Crippen LogP contribution in [0.4, 0.5) is 4.79 Å². The topological polar surface area (TPSA) is 108 Å². The van der Waals surface area contributed by atoms with Crippen LogP contribution in [-0.4, -0.2) is 53.8 Å². The molecule has 3 atom stereocenters. The van der Waals surface area contributed by atoms with Crippen LogP contribution in [0, 0.1) is 5.92 Å². The zero-order chi connectivity index (χ0) is 19.4. The first kappa shape index (κ1) is 22.6. The number of ketones is 1. The highest BCUT2D eigenvalue weighted by atomic mass is 16.3. The van der Waals surface area contributed by atoms with Crippen molar-refractivity contribution in [2.24, 2.45) is 16.8 Å². The smallest absolute Gasteiger partial charge is 0.332 e. The lowest BCUT2D eigenvalue weighted by molar-refractivity contribution is -0.129. The lowest BCUT2D eigenvalue weighted by atomic mass is 9.90. The highest BCUT2D eigenvalue weighted by molar-refractivity contribution is 5.84. The second kappa shape index (κ2) is 12.8. The number of nitrogens with one attached hydrogen (secondary N) is 1. The van der Waals surface area contributed by atoms with Crippen LogP contribution >= 0.6 is 0 Å². The quantitative estimate of drug-likeness (QED) is 0.511. The average Bonchev–Trinajstić information content (AvgIpc) is 2.60. The van der Waals surface area contributed by atoms with E-state index in [1.54, 1.807) is 0 Å². The Morgan fingerprint density at radius 2 is 1.85 bits per heavy atom. The van der Waals surface area contributed by atoms with Crippen molar-refractivity contribution in [3.63, 3.8) is 0 Å². The molecule has 0 bridgehead atoms. The van der Waals surface area contributed by atoms with Crippen molar-refractivity contribution in [2.45, 2.75) is 83.3 Å². The number of amides is 2. The predicted molar refractivity (Wildman–Crippen MR) is 104 cm³/mol. The maximum absolute atomic E-state index is 12.8. The van der Waals surface area contributed by atoms with E-state index in [2.05, 4.69) is 10.5 Å². The molecule has 0 spiro atoms. The maximum atomic E-state index is 12.8. The van der Waals surface area contributed by atoms with Crippen molar-refractivity contribution in [3.05, 3.63) is 0 Å². The van der Waals surface area contributed by atoms with Gasteiger partial charge in [-0.05, 0) is 38.8 Å². The molecular weight excluding hydrogens is 332 g/mol. The Hall–Kier alpha value is -1.47. The monoisotopic (exact) mass is 368 g/mol. The summed E-state index contributed by atoms with van der Waals surface area (Å²) in [7, 11) is 1.93. The summed E-state index contributed by atoms with van der Waals surface area (Å²) in [5, 5.41) is 14.5. The van der Waals surface area contributed by atoms with E-state index < -0.39 is 18.2 Å². The van der Waals surface area contributed by atoms with Gasteiger partial charge in [-0.1, -0.05) is 45.4 Å². The molecule has 0 aromatic carbocycles. The summed E-state index contributed by atoms with van der Waals surface area (Å²) >= 11 is 0. The second-order valence-corrected chi connectivity index (χ2v) is 7.46. The number of aliphatic hydroxyl groups is 1. The molecule has 3 unspecified atom stereocenters. The van der Waals surface area contributed by atoms with E-state index in [9.17, 15) is 14.7 Å². The number of urea groups is 1. The molecule has 7 nitrogen and oxygen atoms in total. The third-order valence-corrected chi connectivity index (χ3v) is 5.14. The minimum absolute atomic E-state index is 0.123. The lowest BCUT2D eigenvalue weighted by Gasteiger charge is -2.33. The third-order valence-electron chi connectivity index (χ3n) is 5.14. The zero-order valence-corrected chi connectivity index (χ0v) is 16.3. The largest absolute Gasteiger partial charge is 0.391 e. The molecular formula is C19H36N4O3. The third kappa shape index (κ3) is 8.76. The summed E-state index contributed by atoms with van der Waals surface area (Å²) in [4.78, 5) is 25.4. The van der Waals surface area contributed by atoms with Crippen LogP contribution in [0.2, 0.25) is 0 Å². The molecule has 0 aromatic heterocycles. The molecule has 1 fully saturated rings. The fourth-order valence-electron chi connectivity index (χ4n) is 3.48. The van der Waals surface area contributed by atoms with Crippen molar-refractivity contribution in [2.75, 3.05) is 13.6 Å². The molecule has 0 radical (unpaired) electrons. The molecule has 1 saturated heterocycles. The summed E-state index contributed by atoms with van der Waals surface area (Å²) in [6.07, 6.45) is 10.9. The zero-order valence-electron chi connectivity index (χ0n) is 16.3. The number of nitrogens with zero attached hydrogens (tertiary/aromatic N) is 2. The van der Waals surface area contributed by atoms with Crippen molar-refractivity contribution >= 4 is 18.0 Å². The number of Topliss-reactive ketones (excluding diaryl/α,β-unsaturated/α-hetero) is 1. The van der Waals surface area contributed by atoms with E-state index in [1.165, 1.54) is 38.3 Å². The Morgan fingerprint density at radius 3 is 2.46 bits per heavy atom. The number of rotatable bonds is 5. The Bertz CT molecular complexity index is 456. The first-order valence-corrected chi connectivity index (χ1v) is 9.91. The first-order chi connectivity index (χ1) is 12.4. The van der Waals surface area contributed by atoms with Gasteiger partial charge in [-0.3, -0.25) is 9.69 Å². The summed E-state index contributed by atoms with van der Waals surface area (Å²) < 4.78 is 0. The second-order valence-electron chi connectivity index (χ2n) is 7.46. The van der Waals surface area contributed by atoms with Crippen LogP contribution in [-0.2, 0) is 4.79 Å². The Balaban J connectivity index is 2.70. The molecule has 2 amide bonds. The van der Waals surface area contributed by atoms with Gasteiger partial charge in [0.15, 0.2) is 5.78 Å². The minimum atomic E-state index is -0.766. The number of hydrogen-bond donors (Lipinski definition) is 3. The molecule has 150 valence electrons. The van der Waals surface area contributed by atoms with Gasteiger partial charge in [0.05, 0.1) is 12.1 Å². The number of aliphatic hydroxyl groups excluding tert-OH is 1. The van der Waals surface area contributed by atoms with Gasteiger partial charge in [0.1, 0.15) is 0 Å². The molecule has 0 aliphatic carbocycles. The fourth-order valence-corrected chi connectivity index (χ4v) is 3.48. The summed E-state index contributed by atoms with van der Waals surface area (Å²) in [5.41, 5.74) is 7.09. The highest BCUT2D eigenvalue weighted by Gasteiger charge is 2.33. The first-order valence-electron chi connectivity index (χ1n) is 9.91. The van der Waals surface area contributed by atoms with Crippen LogP contribution in [0.3, 0.4) is 0 Å². The number of hydrogen-bond acceptors (Lipinski definition) is 5. The van der Waals surface area contributed by atoms with Gasteiger partial charge >= 0.3 is 6.03 Å². The molecule has 1 aliphatic rings. The SMILES string of the molecule is CC(C/C=N/NC(N)=O)C(O)C1C(=O)CCCCCCCCCCN1C. The van der Waals surface area contributed by atoms with Crippen molar-refractivity contribution in [1.82, 2.24) is 10.3 Å². The average molecular weight is 369 g/mol. The van der Waals surface area contributed by atoms with E-state index in [4.69, 9.17) is 5.73 Å². The normalized spacial score (nSPS) is 24.3. The Morgan fingerprint density at radius 1 is 1.27 bits per heavy atom. The number of nitrogens with two attached hydrogens (primary N) is 1. The van der Waals surface area contributed by atoms with Crippen molar-refractivity contribution in [3.8, 4) is 0 Å². The van der Waals surface area contributed by atoms with Gasteiger partial charge < -0.3 is 10.8 Å². The van der Waals surface area contributed by atoms with Crippen molar-refractivity contribution < 1.29 is 14.7 Å². The number of carbonyl (C=O) groups excluding carboxylic acids is 2. The molecule has 0 saturated carbocycles. The van der Waals surface area contributed by atoms with Gasteiger partial charge in [0.2, 0.25) is 0 Å². The Kier molecular flexibility index (Phi) is 11.1. The number of hydrazone groups is 1. The number of primary amides is 1. The summed E-state index contributed by atoms with van der Waals surface area (Å²) in [5.74, 6) is -0.0289. The van der Waals surface area contributed by atoms with E-state index in [-0.39, 0.29) is 11.7 Å². The van der Waals surface area contributed by atoms with Gasteiger partial charge in [-0.2, -0.15) is 5.10 Å². The minimum Gasteiger partial charge on any atom is -0.391 e. The molecule has 1 heterocycles. The maximum Gasteiger partial charge on any atom is 0.332 e. The molecule has 4 N–H and O–H groups in total. The van der Waals surface area contributed by atoms with Crippen LogP contribution in [0.15, 0.2) is 5.10 Å². The van der Waals surface area contributed by atoms with Gasteiger partial charge in [0, 0.05) is 12.6 Å². The van der Waals surface area contributed by atoms with E-state index >= 15 is 0 Å². The van der Waals surface area contributed by atoms with E-state index in [1.807, 2.05) is 18.9 Å². The summed E-state index contributed by atoms with van der Waals surface area (Å²) in [6, 6.07) is -1.21. The molecule has 1 aliphatic heterocycles. The fraction of sp³-hybridized carbons (Fsp3) is 0.842. The van der Waals surface area contributed by atoms with E-state index in [0.717, 1.165) is 25.8 Å². The molecule has 1 rings (SSSR count). The van der Waals surface area contributed by atoms with Crippen LogP contribution in [0.25, 0.3) is 0 Å². The molecule has 7 heteroatoms. The van der Waals surface area contributed by atoms with Crippen LogP contribution < -0.4 is 11.2 Å². The van der Waals surface area contributed by atoms with Crippen LogP contribution in [0.5, 0.6) is 0 Å². The summed E-state index contributed by atoms with van der Waals surface area (Å²) in [6.45, 7) is 2.71. The van der Waals surface area contributed by atoms with Gasteiger partial charge in [-0.15, -0.1) is 0 Å². The van der Waals surface area contributed by atoms with Gasteiger partial charge in [-0.25, -0.2) is 10.2 Å². The van der Waals surface area contributed by atoms with Crippen LogP contribution in [0.1, 0.15) is 71.1 Å².